The highest BCUT2D eigenvalue weighted by Gasteiger charge is 2.48. The van der Waals surface area contributed by atoms with E-state index >= 15 is 0 Å². The van der Waals surface area contributed by atoms with Crippen LogP contribution >= 0.6 is 0 Å². The molecule has 0 amide bonds. The van der Waals surface area contributed by atoms with Crippen molar-refractivity contribution in [2.45, 2.75) is 43.5 Å². The Hall–Kier alpha value is -1.77. The van der Waals surface area contributed by atoms with Gasteiger partial charge in [-0.2, -0.15) is 21.6 Å². The number of hydrogen-bond acceptors (Lipinski definition) is 4. The third-order valence-corrected chi connectivity index (χ3v) is 5.13. The van der Waals surface area contributed by atoms with E-state index in [4.69, 9.17) is 5.11 Å². The molecule has 0 saturated heterocycles. The molecule has 0 heterocycles. The highest BCUT2D eigenvalue weighted by atomic mass is 32.2. The Balaban J connectivity index is 1.97. The van der Waals surface area contributed by atoms with Gasteiger partial charge in [0.25, 0.3) is 0 Å². The van der Waals surface area contributed by atoms with Crippen molar-refractivity contribution < 1.29 is 35.7 Å². The molecule has 2 rings (SSSR count). The van der Waals surface area contributed by atoms with Gasteiger partial charge in [0, 0.05) is 6.42 Å². The Morgan fingerprint density at radius 3 is 2.12 bits per heavy atom. The zero-order chi connectivity index (χ0) is 18.0. The van der Waals surface area contributed by atoms with Gasteiger partial charge in [-0.3, -0.25) is 4.79 Å². The lowest BCUT2D eigenvalue weighted by Crippen LogP contribution is -2.28. The number of alkyl halides is 3. The predicted octanol–water partition coefficient (Wildman–Crippen LogP) is 3.66. The van der Waals surface area contributed by atoms with Crippen molar-refractivity contribution in [3.8, 4) is 5.75 Å². The van der Waals surface area contributed by atoms with E-state index in [0.717, 1.165) is 31.2 Å². The van der Waals surface area contributed by atoms with Crippen LogP contribution in [-0.4, -0.2) is 25.0 Å². The maximum absolute atomic E-state index is 12.3. The molecule has 1 aromatic rings. The van der Waals surface area contributed by atoms with Crippen LogP contribution in [0.3, 0.4) is 0 Å². The van der Waals surface area contributed by atoms with Gasteiger partial charge in [0.2, 0.25) is 0 Å². The Bertz CT molecular complexity index is 674. The number of rotatable bonds is 5. The largest absolute Gasteiger partial charge is 0.534 e. The molecule has 0 unspecified atom stereocenters. The van der Waals surface area contributed by atoms with E-state index in [0.29, 0.717) is 0 Å². The van der Waals surface area contributed by atoms with Crippen LogP contribution in [0, 0.1) is 5.92 Å². The number of aliphatic carboxylic acids is 1. The van der Waals surface area contributed by atoms with Gasteiger partial charge in [-0.15, -0.1) is 0 Å². The van der Waals surface area contributed by atoms with Crippen molar-refractivity contribution in [1.29, 1.82) is 0 Å². The van der Waals surface area contributed by atoms with E-state index in [2.05, 4.69) is 4.18 Å². The summed E-state index contributed by atoms with van der Waals surface area (Å²) in [6, 6.07) is 5.48. The molecule has 134 valence electrons. The highest BCUT2D eigenvalue weighted by Crippen LogP contribution is 2.37. The zero-order valence-electron chi connectivity index (χ0n) is 12.6. The zero-order valence-corrected chi connectivity index (χ0v) is 13.4. The first-order chi connectivity index (χ1) is 11.1. The summed E-state index contributed by atoms with van der Waals surface area (Å²) < 4.78 is 62.7. The Labute approximate surface area is 137 Å². The topological polar surface area (TPSA) is 80.7 Å². The molecule has 1 aromatic carbocycles. The summed E-state index contributed by atoms with van der Waals surface area (Å²) in [6.07, 6.45) is 3.28. The Morgan fingerprint density at radius 2 is 1.67 bits per heavy atom. The average molecular weight is 366 g/mol. The van der Waals surface area contributed by atoms with E-state index in [9.17, 15) is 26.4 Å². The summed E-state index contributed by atoms with van der Waals surface area (Å²) in [5.41, 5.74) is -4.59. The molecule has 0 aliphatic heterocycles. The smallest absolute Gasteiger partial charge is 0.481 e. The molecule has 1 fully saturated rings. The van der Waals surface area contributed by atoms with Crippen LogP contribution in [0.2, 0.25) is 0 Å². The lowest BCUT2D eigenvalue weighted by atomic mass is 9.77. The van der Waals surface area contributed by atoms with Gasteiger partial charge in [0.1, 0.15) is 5.75 Å². The van der Waals surface area contributed by atoms with Gasteiger partial charge in [-0.1, -0.05) is 12.1 Å². The molecule has 1 saturated carbocycles. The fraction of sp³-hybridized carbons (Fsp3) is 0.533. The van der Waals surface area contributed by atoms with Gasteiger partial charge in [-0.25, -0.2) is 0 Å². The van der Waals surface area contributed by atoms with Crippen molar-refractivity contribution in [3.63, 3.8) is 0 Å². The van der Waals surface area contributed by atoms with E-state index in [1.807, 2.05) is 0 Å². The van der Waals surface area contributed by atoms with Gasteiger partial charge >= 0.3 is 21.6 Å². The van der Waals surface area contributed by atoms with Crippen LogP contribution < -0.4 is 4.18 Å². The molecule has 0 bridgehead atoms. The number of halogens is 3. The lowest BCUT2D eigenvalue weighted by Gasteiger charge is -2.28. The molecule has 1 aliphatic rings. The minimum atomic E-state index is -5.66. The van der Waals surface area contributed by atoms with E-state index in [1.54, 1.807) is 12.1 Å². The molecule has 5 nitrogen and oxygen atoms in total. The fourth-order valence-corrected chi connectivity index (χ4v) is 3.38. The van der Waals surface area contributed by atoms with Crippen LogP contribution in [0.5, 0.6) is 5.75 Å². The summed E-state index contributed by atoms with van der Waals surface area (Å²) in [7, 11) is -5.66. The van der Waals surface area contributed by atoms with Crippen LogP contribution in [0.4, 0.5) is 13.2 Å². The first-order valence-corrected chi connectivity index (χ1v) is 8.82. The molecule has 0 atom stereocenters. The minimum absolute atomic E-state index is 0.148. The lowest BCUT2D eigenvalue weighted by molar-refractivity contribution is -0.138. The molecule has 9 heteroatoms. The standard InChI is InChI=1S/C15H17F3O5S/c16-15(17,18)24(21,22)23-13-7-5-12(6-8-13)11-3-1-10(2-4-11)9-14(19)20/h5-8,10-11H,1-4,9H2,(H,19,20). The van der Waals surface area contributed by atoms with Crippen molar-refractivity contribution in [2.75, 3.05) is 0 Å². The van der Waals surface area contributed by atoms with Crippen molar-refractivity contribution >= 4 is 16.1 Å². The molecule has 1 N–H and O–H groups in total. The van der Waals surface area contributed by atoms with Crippen LogP contribution in [-0.2, 0) is 14.9 Å². The SMILES string of the molecule is O=C(O)CC1CCC(c2ccc(OS(=O)(=O)C(F)(F)F)cc2)CC1. The van der Waals surface area contributed by atoms with E-state index in [-0.39, 0.29) is 18.3 Å². The van der Waals surface area contributed by atoms with Crippen molar-refractivity contribution in [3.05, 3.63) is 29.8 Å². The normalized spacial score (nSPS) is 22.1. The van der Waals surface area contributed by atoms with Gasteiger partial charge in [-0.05, 0) is 55.2 Å². The molecule has 1 aliphatic carbocycles. The fourth-order valence-electron chi connectivity index (χ4n) is 2.92. The highest BCUT2D eigenvalue weighted by molar-refractivity contribution is 7.87. The first-order valence-electron chi connectivity index (χ1n) is 7.41. The van der Waals surface area contributed by atoms with E-state index < -0.39 is 27.3 Å². The second kappa shape index (κ2) is 7.00. The summed E-state index contributed by atoms with van der Waals surface area (Å²) in [5, 5.41) is 8.79. The van der Waals surface area contributed by atoms with Gasteiger partial charge < -0.3 is 9.29 Å². The second-order valence-corrected chi connectivity index (χ2v) is 7.41. The number of carbonyl (C=O) groups is 1. The summed E-state index contributed by atoms with van der Waals surface area (Å²) >= 11 is 0. The summed E-state index contributed by atoms with van der Waals surface area (Å²) in [5.74, 6) is -0.872. The number of carboxylic acids is 1. The van der Waals surface area contributed by atoms with Gasteiger partial charge in [0.15, 0.2) is 0 Å². The maximum atomic E-state index is 12.3. The minimum Gasteiger partial charge on any atom is -0.481 e. The second-order valence-electron chi connectivity index (χ2n) is 5.87. The van der Waals surface area contributed by atoms with Gasteiger partial charge in [0.05, 0.1) is 0 Å². The van der Waals surface area contributed by atoms with Crippen LogP contribution in [0.15, 0.2) is 24.3 Å². The molecular weight excluding hydrogens is 349 g/mol. The van der Waals surface area contributed by atoms with Crippen molar-refractivity contribution in [2.24, 2.45) is 5.92 Å². The van der Waals surface area contributed by atoms with Crippen molar-refractivity contribution in [1.82, 2.24) is 0 Å². The molecule has 0 aromatic heterocycles. The molecular formula is C15H17F3O5S. The molecule has 0 spiro atoms. The Morgan fingerprint density at radius 1 is 1.12 bits per heavy atom. The van der Waals surface area contributed by atoms with E-state index in [1.165, 1.54) is 12.1 Å². The third kappa shape index (κ3) is 4.62. The summed E-state index contributed by atoms with van der Waals surface area (Å²) in [6.45, 7) is 0. The monoisotopic (exact) mass is 366 g/mol. The molecule has 0 radical (unpaired) electrons. The third-order valence-electron chi connectivity index (χ3n) is 4.15. The molecule has 24 heavy (non-hydrogen) atoms. The van der Waals surface area contributed by atoms with Crippen LogP contribution in [0.25, 0.3) is 0 Å². The average Bonchev–Trinajstić information content (AvgIpc) is 2.47. The first kappa shape index (κ1) is 18.6. The maximum Gasteiger partial charge on any atom is 0.534 e. The number of hydrogen-bond donors (Lipinski definition) is 1. The predicted molar refractivity (Wildman–Crippen MR) is 79.0 cm³/mol. The van der Waals surface area contributed by atoms with Crippen LogP contribution in [0.1, 0.15) is 43.6 Å². The number of carboxylic acid groups (broad SMARTS) is 1. The number of benzene rings is 1. The summed E-state index contributed by atoms with van der Waals surface area (Å²) in [4.78, 5) is 10.7. The quantitative estimate of drug-likeness (QED) is 0.635. The Kier molecular flexibility index (Phi) is 5.42.